The molecule has 2 heterocycles. The molecule has 0 radical (unpaired) electrons. The molecule has 122 valence electrons. The van der Waals surface area contributed by atoms with Crippen molar-refractivity contribution < 1.29 is 13.6 Å². The highest BCUT2D eigenvalue weighted by atomic mass is 35.5. The molecular weight excluding hydrogens is 333 g/mol. The summed E-state index contributed by atoms with van der Waals surface area (Å²) in [7, 11) is 0. The van der Waals surface area contributed by atoms with Gasteiger partial charge in [-0.25, -0.2) is 4.39 Å². The Morgan fingerprint density at radius 2 is 2.04 bits per heavy atom. The normalized spacial score (nSPS) is 10.4. The second-order valence-corrected chi connectivity index (χ2v) is 5.35. The molecule has 0 unspecified atom stereocenters. The summed E-state index contributed by atoms with van der Waals surface area (Å²) in [5, 5.41) is 5.78. The number of aromatic nitrogens is 1. The lowest BCUT2D eigenvalue weighted by Crippen LogP contribution is -2.23. The van der Waals surface area contributed by atoms with Gasteiger partial charge in [-0.3, -0.25) is 9.78 Å². The first-order valence-corrected chi connectivity index (χ1v) is 7.48. The third kappa shape index (κ3) is 3.91. The van der Waals surface area contributed by atoms with Crippen molar-refractivity contribution in [1.29, 1.82) is 0 Å². The van der Waals surface area contributed by atoms with E-state index in [1.165, 1.54) is 24.6 Å². The Balaban J connectivity index is 1.68. The summed E-state index contributed by atoms with van der Waals surface area (Å²) in [4.78, 5) is 16.2. The first-order valence-electron chi connectivity index (χ1n) is 7.10. The second kappa shape index (κ2) is 7.14. The Bertz CT molecular complexity index is 853. The van der Waals surface area contributed by atoms with Crippen molar-refractivity contribution in [3.63, 3.8) is 0 Å². The van der Waals surface area contributed by atoms with Gasteiger partial charge in [0.15, 0.2) is 0 Å². The number of halogens is 2. The molecule has 0 bridgehead atoms. The fourth-order valence-corrected chi connectivity index (χ4v) is 2.22. The lowest BCUT2D eigenvalue weighted by molar-refractivity contribution is 0.0943. The molecule has 7 heteroatoms. The highest BCUT2D eigenvalue weighted by Crippen LogP contribution is 2.22. The first-order chi connectivity index (χ1) is 11.6. The summed E-state index contributed by atoms with van der Waals surface area (Å²) in [5.74, 6) is -0.166. The van der Waals surface area contributed by atoms with E-state index in [-0.39, 0.29) is 23.2 Å². The van der Waals surface area contributed by atoms with E-state index in [1.54, 1.807) is 30.3 Å². The van der Waals surface area contributed by atoms with Crippen molar-refractivity contribution >= 4 is 28.9 Å². The largest absolute Gasteiger partial charge is 0.467 e. The summed E-state index contributed by atoms with van der Waals surface area (Å²) in [5.41, 5.74) is 1.49. The van der Waals surface area contributed by atoms with Crippen LogP contribution in [0.15, 0.2) is 59.3 Å². The number of hydrogen-bond donors (Lipinski definition) is 2. The number of carbonyl (C=O) groups is 1. The number of amides is 1. The Hall–Kier alpha value is -2.86. The minimum atomic E-state index is -0.491. The summed E-state index contributed by atoms with van der Waals surface area (Å²) >= 11 is 5.75. The summed E-state index contributed by atoms with van der Waals surface area (Å²) in [6.45, 7) is 0.277. The quantitative estimate of drug-likeness (QED) is 0.729. The number of furan rings is 1. The standard InChI is InChI=1S/C17H13ClFN3O2/c18-14-8-11(3-4-15(14)19)22-12-5-6-20-16(9-12)17(23)21-10-13-2-1-7-24-13/h1-9H,10H2,(H,20,22)(H,21,23). The zero-order valence-electron chi connectivity index (χ0n) is 12.4. The van der Waals surface area contributed by atoms with E-state index in [0.29, 0.717) is 17.1 Å². The molecule has 0 aliphatic heterocycles. The van der Waals surface area contributed by atoms with Crippen molar-refractivity contribution in [2.45, 2.75) is 6.54 Å². The van der Waals surface area contributed by atoms with E-state index in [9.17, 15) is 9.18 Å². The van der Waals surface area contributed by atoms with E-state index < -0.39 is 5.82 Å². The molecule has 0 aliphatic carbocycles. The Morgan fingerprint density at radius 1 is 1.21 bits per heavy atom. The smallest absolute Gasteiger partial charge is 0.270 e. The zero-order valence-corrected chi connectivity index (χ0v) is 13.2. The van der Waals surface area contributed by atoms with Crippen molar-refractivity contribution in [3.05, 3.63) is 77.2 Å². The van der Waals surface area contributed by atoms with Crippen molar-refractivity contribution in [1.82, 2.24) is 10.3 Å². The molecular formula is C17H13ClFN3O2. The summed E-state index contributed by atoms with van der Waals surface area (Å²) in [6.07, 6.45) is 3.05. The maximum atomic E-state index is 13.2. The number of anilines is 2. The van der Waals surface area contributed by atoms with Crippen LogP contribution in [-0.4, -0.2) is 10.9 Å². The van der Waals surface area contributed by atoms with Gasteiger partial charge in [-0.15, -0.1) is 0 Å². The third-order valence-corrected chi connectivity index (χ3v) is 3.49. The fourth-order valence-electron chi connectivity index (χ4n) is 2.04. The van der Waals surface area contributed by atoms with Gasteiger partial charge in [0.05, 0.1) is 17.8 Å². The van der Waals surface area contributed by atoms with Crippen LogP contribution in [0.5, 0.6) is 0 Å². The molecule has 0 spiro atoms. The van der Waals surface area contributed by atoms with Gasteiger partial charge in [-0.05, 0) is 42.5 Å². The lowest BCUT2D eigenvalue weighted by atomic mass is 10.2. The number of nitrogens with zero attached hydrogens (tertiary/aromatic N) is 1. The molecule has 24 heavy (non-hydrogen) atoms. The molecule has 1 aromatic carbocycles. The van der Waals surface area contributed by atoms with Crippen LogP contribution in [-0.2, 0) is 6.54 Å². The molecule has 0 saturated heterocycles. The van der Waals surface area contributed by atoms with Crippen LogP contribution in [0.3, 0.4) is 0 Å². The van der Waals surface area contributed by atoms with Gasteiger partial charge in [-0.2, -0.15) is 0 Å². The zero-order chi connectivity index (χ0) is 16.9. The van der Waals surface area contributed by atoms with Crippen molar-refractivity contribution in [2.24, 2.45) is 0 Å². The number of carbonyl (C=O) groups excluding carboxylic acids is 1. The number of rotatable bonds is 5. The topological polar surface area (TPSA) is 67.2 Å². The van der Waals surface area contributed by atoms with Gasteiger partial charge >= 0.3 is 0 Å². The number of pyridine rings is 1. The van der Waals surface area contributed by atoms with Gasteiger partial charge in [0, 0.05) is 17.6 Å². The molecule has 0 atom stereocenters. The minimum absolute atomic E-state index is 0.0190. The average molecular weight is 346 g/mol. The van der Waals surface area contributed by atoms with Gasteiger partial charge in [0.25, 0.3) is 5.91 Å². The maximum absolute atomic E-state index is 13.2. The maximum Gasteiger partial charge on any atom is 0.270 e. The number of nitrogens with one attached hydrogen (secondary N) is 2. The van der Waals surface area contributed by atoms with Crippen LogP contribution in [0.4, 0.5) is 15.8 Å². The molecule has 2 aromatic heterocycles. The predicted molar refractivity (Wildman–Crippen MR) is 88.8 cm³/mol. The second-order valence-electron chi connectivity index (χ2n) is 4.95. The number of benzene rings is 1. The Labute approximate surface area is 142 Å². The molecule has 5 nitrogen and oxygen atoms in total. The van der Waals surface area contributed by atoms with E-state index >= 15 is 0 Å². The van der Waals surface area contributed by atoms with Crippen LogP contribution in [0.25, 0.3) is 0 Å². The molecule has 1 amide bonds. The highest BCUT2D eigenvalue weighted by molar-refractivity contribution is 6.31. The van der Waals surface area contributed by atoms with Crippen LogP contribution in [0, 0.1) is 5.82 Å². The van der Waals surface area contributed by atoms with E-state index in [0.717, 1.165) is 0 Å². The van der Waals surface area contributed by atoms with E-state index in [2.05, 4.69) is 15.6 Å². The summed E-state index contributed by atoms with van der Waals surface area (Å²) in [6, 6.07) is 11.1. The summed E-state index contributed by atoms with van der Waals surface area (Å²) < 4.78 is 18.3. The van der Waals surface area contributed by atoms with Crippen LogP contribution >= 0.6 is 11.6 Å². The van der Waals surface area contributed by atoms with Crippen LogP contribution < -0.4 is 10.6 Å². The monoisotopic (exact) mass is 345 g/mol. The van der Waals surface area contributed by atoms with Crippen molar-refractivity contribution in [2.75, 3.05) is 5.32 Å². The average Bonchev–Trinajstić information content (AvgIpc) is 3.10. The predicted octanol–water partition coefficient (Wildman–Crippen LogP) is 4.14. The van der Waals surface area contributed by atoms with E-state index in [4.69, 9.17) is 16.0 Å². The Morgan fingerprint density at radius 3 is 2.79 bits per heavy atom. The highest BCUT2D eigenvalue weighted by Gasteiger charge is 2.09. The van der Waals surface area contributed by atoms with Gasteiger partial charge in [0.2, 0.25) is 0 Å². The fraction of sp³-hybridized carbons (Fsp3) is 0.0588. The van der Waals surface area contributed by atoms with Gasteiger partial charge < -0.3 is 15.1 Å². The Kier molecular flexibility index (Phi) is 4.77. The van der Waals surface area contributed by atoms with Gasteiger partial charge in [0.1, 0.15) is 17.3 Å². The van der Waals surface area contributed by atoms with Crippen molar-refractivity contribution in [3.8, 4) is 0 Å². The lowest BCUT2D eigenvalue weighted by Gasteiger charge is -2.09. The number of hydrogen-bond acceptors (Lipinski definition) is 4. The third-order valence-electron chi connectivity index (χ3n) is 3.20. The molecule has 0 aliphatic rings. The van der Waals surface area contributed by atoms with Crippen LogP contribution in [0.1, 0.15) is 16.2 Å². The molecule has 2 N–H and O–H groups in total. The SMILES string of the molecule is O=C(NCc1ccco1)c1cc(Nc2ccc(F)c(Cl)c2)ccn1. The van der Waals surface area contributed by atoms with Gasteiger partial charge in [-0.1, -0.05) is 11.6 Å². The van der Waals surface area contributed by atoms with E-state index in [1.807, 2.05) is 0 Å². The molecule has 0 fully saturated rings. The molecule has 3 rings (SSSR count). The molecule has 3 aromatic rings. The minimum Gasteiger partial charge on any atom is -0.467 e. The first kappa shape index (κ1) is 16.0. The molecule has 0 saturated carbocycles. The van der Waals surface area contributed by atoms with Crippen LogP contribution in [0.2, 0.25) is 5.02 Å².